The molecule has 1 saturated carbocycles. The normalized spacial score (nSPS) is 24.3. The fourth-order valence-corrected chi connectivity index (χ4v) is 6.13. The third-order valence-electron chi connectivity index (χ3n) is 8.28. The van der Waals surface area contributed by atoms with Crippen molar-refractivity contribution in [3.8, 4) is 0 Å². The van der Waals surface area contributed by atoms with E-state index in [-0.39, 0.29) is 24.2 Å². The summed E-state index contributed by atoms with van der Waals surface area (Å²) < 4.78 is 5.50. The number of para-hydroxylation sites is 1. The zero-order valence-corrected chi connectivity index (χ0v) is 21.2. The Morgan fingerprint density at radius 3 is 2.40 bits per heavy atom. The molecule has 3 aliphatic rings. The van der Waals surface area contributed by atoms with Crippen LogP contribution in [0.1, 0.15) is 51.4 Å². The molecule has 35 heavy (non-hydrogen) atoms. The van der Waals surface area contributed by atoms with Gasteiger partial charge in [0.1, 0.15) is 0 Å². The Labute approximate surface area is 210 Å². The van der Waals surface area contributed by atoms with E-state index < -0.39 is 5.97 Å². The van der Waals surface area contributed by atoms with Crippen LogP contribution >= 0.6 is 0 Å². The Morgan fingerprint density at radius 1 is 0.943 bits per heavy atom. The third-order valence-corrected chi connectivity index (χ3v) is 8.28. The van der Waals surface area contributed by atoms with Crippen LogP contribution in [0, 0.1) is 17.8 Å². The highest BCUT2D eigenvalue weighted by Gasteiger charge is 2.35. The molecule has 3 fully saturated rings. The van der Waals surface area contributed by atoms with Crippen molar-refractivity contribution >= 4 is 17.6 Å². The summed E-state index contributed by atoms with van der Waals surface area (Å²) in [5.74, 6) is 0.131. The van der Waals surface area contributed by atoms with Crippen LogP contribution in [0.4, 0.5) is 5.69 Å². The van der Waals surface area contributed by atoms with Crippen molar-refractivity contribution in [1.29, 1.82) is 0 Å². The standard InChI is InChI=1S/C28H43N3O4/c32-27(33)21-24-11-14-31(28(34)23-7-3-1-4-8-23)22-25(24)12-13-30(26-9-5-2-6-10-26)16-15-29-17-19-35-20-18-29/h2,5-6,9-10,23-25H,1,3-4,7-8,11-22H2,(H,32,33). The minimum Gasteiger partial charge on any atom is -0.481 e. The number of hydrogen-bond donors (Lipinski definition) is 1. The highest BCUT2D eigenvalue weighted by molar-refractivity contribution is 5.79. The number of carbonyl (C=O) groups is 2. The number of carbonyl (C=O) groups excluding carboxylic acids is 1. The van der Waals surface area contributed by atoms with Gasteiger partial charge in [0, 0.05) is 63.8 Å². The summed E-state index contributed by atoms with van der Waals surface area (Å²) in [6, 6.07) is 10.5. The number of nitrogens with zero attached hydrogens (tertiary/aromatic N) is 3. The largest absolute Gasteiger partial charge is 0.481 e. The monoisotopic (exact) mass is 485 g/mol. The van der Waals surface area contributed by atoms with Crippen molar-refractivity contribution < 1.29 is 19.4 Å². The molecule has 2 heterocycles. The molecule has 194 valence electrons. The SMILES string of the molecule is O=C(O)CC1CCN(C(=O)C2CCCCC2)CC1CCN(CCN1CCOCC1)c1ccccc1. The average Bonchev–Trinajstić information content (AvgIpc) is 2.90. The van der Waals surface area contributed by atoms with Crippen LogP contribution in [0.15, 0.2) is 30.3 Å². The number of carboxylic acid groups (broad SMARTS) is 1. The first-order valence-corrected chi connectivity index (χ1v) is 13.7. The number of morpholine rings is 1. The minimum atomic E-state index is -0.723. The lowest BCUT2D eigenvalue weighted by atomic mass is 9.80. The Hall–Kier alpha value is -2.12. The summed E-state index contributed by atoms with van der Waals surface area (Å²) in [7, 11) is 0. The topological polar surface area (TPSA) is 73.3 Å². The molecule has 7 heteroatoms. The number of ether oxygens (including phenoxy) is 1. The van der Waals surface area contributed by atoms with E-state index in [9.17, 15) is 14.7 Å². The lowest BCUT2D eigenvalue weighted by Gasteiger charge is -2.41. The van der Waals surface area contributed by atoms with Crippen LogP contribution in [-0.4, -0.2) is 85.8 Å². The molecule has 0 bridgehead atoms. The maximum absolute atomic E-state index is 13.2. The first kappa shape index (κ1) is 26.0. The maximum atomic E-state index is 13.2. The number of hydrogen-bond acceptors (Lipinski definition) is 5. The summed E-state index contributed by atoms with van der Waals surface area (Å²) in [5, 5.41) is 9.54. The molecule has 0 spiro atoms. The average molecular weight is 486 g/mol. The molecule has 1 aromatic carbocycles. The van der Waals surface area contributed by atoms with Gasteiger partial charge in [0.2, 0.25) is 5.91 Å². The van der Waals surface area contributed by atoms with Crippen molar-refractivity contribution in [2.75, 3.05) is 63.9 Å². The lowest BCUT2D eigenvalue weighted by Crippen LogP contribution is -2.48. The number of amides is 1. The van der Waals surface area contributed by atoms with Crippen molar-refractivity contribution in [2.24, 2.45) is 17.8 Å². The van der Waals surface area contributed by atoms with E-state index in [2.05, 4.69) is 39.0 Å². The van der Waals surface area contributed by atoms with Crippen LogP contribution < -0.4 is 4.90 Å². The van der Waals surface area contributed by atoms with Gasteiger partial charge in [-0.25, -0.2) is 0 Å². The lowest BCUT2D eigenvalue weighted by molar-refractivity contribution is -0.141. The number of rotatable bonds is 10. The Bertz CT molecular complexity index is 793. The van der Waals surface area contributed by atoms with Crippen molar-refractivity contribution in [2.45, 2.75) is 51.4 Å². The van der Waals surface area contributed by atoms with Gasteiger partial charge in [-0.15, -0.1) is 0 Å². The van der Waals surface area contributed by atoms with Crippen LogP contribution in [0.5, 0.6) is 0 Å². The van der Waals surface area contributed by atoms with E-state index in [1.165, 1.54) is 12.1 Å². The first-order chi connectivity index (χ1) is 17.1. The number of likely N-dealkylation sites (tertiary alicyclic amines) is 1. The van der Waals surface area contributed by atoms with E-state index >= 15 is 0 Å². The van der Waals surface area contributed by atoms with Crippen molar-refractivity contribution in [3.05, 3.63) is 30.3 Å². The number of benzene rings is 1. The molecule has 0 radical (unpaired) electrons. The van der Waals surface area contributed by atoms with E-state index in [4.69, 9.17) is 4.74 Å². The van der Waals surface area contributed by atoms with Gasteiger partial charge >= 0.3 is 5.97 Å². The van der Waals surface area contributed by atoms with Crippen LogP contribution in [0.2, 0.25) is 0 Å². The predicted molar refractivity (Wildman–Crippen MR) is 138 cm³/mol. The Morgan fingerprint density at radius 2 is 1.69 bits per heavy atom. The quantitative estimate of drug-likeness (QED) is 0.544. The highest BCUT2D eigenvalue weighted by Crippen LogP contribution is 2.33. The molecule has 1 amide bonds. The molecule has 1 aliphatic carbocycles. The Balaban J connectivity index is 1.40. The predicted octanol–water partition coefficient (Wildman–Crippen LogP) is 3.74. The summed E-state index contributed by atoms with van der Waals surface area (Å²) >= 11 is 0. The van der Waals surface area contributed by atoms with Gasteiger partial charge in [0.25, 0.3) is 0 Å². The van der Waals surface area contributed by atoms with E-state index in [0.29, 0.717) is 19.0 Å². The van der Waals surface area contributed by atoms with Gasteiger partial charge in [-0.05, 0) is 49.7 Å². The molecule has 1 aromatic rings. The Kier molecular flexibility index (Phi) is 9.83. The number of aliphatic carboxylic acids is 1. The van der Waals surface area contributed by atoms with Gasteiger partial charge in [-0.2, -0.15) is 0 Å². The van der Waals surface area contributed by atoms with Gasteiger partial charge in [-0.1, -0.05) is 37.5 Å². The molecule has 4 rings (SSSR count). The molecule has 2 atom stereocenters. The minimum absolute atomic E-state index is 0.139. The molecule has 0 aromatic heterocycles. The second kappa shape index (κ2) is 13.3. The van der Waals surface area contributed by atoms with Gasteiger partial charge in [-0.3, -0.25) is 14.5 Å². The molecular weight excluding hydrogens is 442 g/mol. The van der Waals surface area contributed by atoms with Crippen LogP contribution in [0.3, 0.4) is 0 Å². The van der Waals surface area contributed by atoms with E-state index in [1.807, 2.05) is 6.07 Å². The zero-order chi connectivity index (χ0) is 24.5. The van der Waals surface area contributed by atoms with Crippen LogP contribution in [-0.2, 0) is 14.3 Å². The summed E-state index contributed by atoms with van der Waals surface area (Å²) in [6.45, 7) is 7.78. The first-order valence-electron chi connectivity index (χ1n) is 13.7. The maximum Gasteiger partial charge on any atom is 0.303 e. The summed E-state index contributed by atoms with van der Waals surface area (Å²) in [6.07, 6.45) is 7.50. The zero-order valence-electron chi connectivity index (χ0n) is 21.2. The fourth-order valence-electron chi connectivity index (χ4n) is 6.13. The number of anilines is 1. The summed E-state index contributed by atoms with van der Waals surface area (Å²) in [5.41, 5.74) is 1.21. The number of piperidine rings is 1. The summed E-state index contributed by atoms with van der Waals surface area (Å²) in [4.78, 5) is 31.8. The molecule has 2 aliphatic heterocycles. The molecule has 1 N–H and O–H groups in total. The second-order valence-corrected chi connectivity index (χ2v) is 10.6. The van der Waals surface area contributed by atoms with Crippen LogP contribution in [0.25, 0.3) is 0 Å². The fraction of sp³-hybridized carbons (Fsp3) is 0.714. The molecule has 7 nitrogen and oxygen atoms in total. The van der Waals surface area contributed by atoms with Gasteiger partial charge < -0.3 is 19.6 Å². The van der Waals surface area contributed by atoms with Gasteiger partial charge in [0.05, 0.1) is 13.2 Å². The second-order valence-electron chi connectivity index (χ2n) is 10.6. The highest BCUT2D eigenvalue weighted by atomic mass is 16.5. The molecular formula is C28H43N3O4. The van der Waals surface area contributed by atoms with Crippen molar-refractivity contribution in [3.63, 3.8) is 0 Å². The van der Waals surface area contributed by atoms with Crippen molar-refractivity contribution in [1.82, 2.24) is 9.80 Å². The smallest absolute Gasteiger partial charge is 0.303 e. The van der Waals surface area contributed by atoms with E-state index in [0.717, 1.165) is 84.5 Å². The molecule has 2 saturated heterocycles. The number of carboxylic acids is 1. The molecule has 2 unspecified atom stereocenters. The third kappa shape index (κ3) is 7.68. The van der Waals surface area contributed by atoms with E-state index in [1.54, 1.807) is 0 Å². The van der Waals surface area contributed by atoms with Gasteiger partial charge in [0.15, 0.2) is 0 Å².